The van der Waals surface area contributed by atoms with Crippen molar-refractivity contribution in [3.8, 4) is 11.3 Å². The fourth-order valence-electron chi connectivity index (χ4n) is 5.69. The number of pyridine rings is 1. The number of fused-ring (bicyclic) bond motifs is 1. The summed E-state index contributed by atoms with van der Waals surface area (Å²) in [7, 11) is 0. The largest absolute Gasteiger partial charge is 0.382 e. The van der Waals surface area contributed by atoms with Crippen LogP contribution in [0.2, 0.25) is 0 Å². The summed E-state index contributed by atoms with van der Waals surface area (Å²) in [6, 6.07) is 9.14. The van der Waals surface area contributed by atoms with E-state index in [2.05, 4.69) is 15.3 Å². The van der Waals surface area contributed by atoms with Crippen LogP contribution >= 0.6 is 0 Å². The van der Waals surface area contributed by atoms with Crippen LogP contribution in [-0.2, 0) is 9.53 Å². The number of alkyl halides is 2. The third-order valence-electron chi connectivity index (χ3n) is 8.02. The Morgan fingerprint density at radius 2 is 1.93 bits per heavy atom. The highest BCUT2D eigenvalue weighted by molar-refractivity contribution is 6.04. The predicted octanol–water partition coefficient (Wildman–Crippen LogP) is 4.61. The van der Waals surface area contributed by atoms with Crippen molar-refractivity contribution in [2.45, 2.75) is 39.0 Å². The van der Waals surface area contributed by atoms with E-state index in [0.29, 0.717) is 48.9 Å². The Bertz CT molecular complexity index is 1670. The minimum absolute atomic E-state index is 0.00408. The highest BCUT2D eigenvalue weighted by atomic mass is 19.3. The topological polar surface area (TPSA) is 128 Å². The smallest absolute Gasteiger partial charge is 0.264 e. The van der Waals surface area contributed by atoms with E-state index in [4.69, 9.17) is 15.5 Å². The first-order valence-corrected chi connectivity index (χ1v) is 13.8. The van der Waals surface area contributed by atoms with Crippen LogP contribution in [0.25, 0.3) is 16.8 Å². The standard InChI is InChI=1S/C30H31F2N7O3/c1-17-13-35-26(33)24-23(18-5-7-19(8-6-18)28(40)36-22-12-20(25(31)32)9-10-34-22)37-27(39(17)24)21-4-3-11-38(14-21)29(41)30(2)15-42-16-30/h5-10,12-13,21,25H,3-4,11,14-16H2,1-2H3,(H2,33,35)(H,34,36,40)/t21-/m1/s1. The van der Waals surface area contributed by atoms with Gasteiger partial charge in [-0.3, -0.25) is 14.0 Å². The third-order valence-corrected chi connectivity index (χ3v) is 8.02. The van der Waals surface area contributed by atoms with E-state index in [0.717, 1.165) is 36.0 Å². The van der Waals surface area contributed by atoms with E-state index in [-0.39, 0.29) is 23.2 Å². The summed E-state index contributed by atoms with van der Waals surface area (Å²) >= 11 is 0. The summed E-state index contributed by atoms with van der Waals surface area (Å²) in [5, 5.41) is 2.56. The van der Waals surface area contributed by atoms with Gasteiger partial charge in [-0.05, 0) is 51.0 Å². The molecule has 42 heavy (non-hydrogen) atoms. The number of benzene rings is 1. The van der Waals surface area contributed by atoms with Crippen molar-refractivity contribution >= 4 is 29.0 Å². The summed E-state index contributed by atoms with van der Waals surface area (Å²) in [5.74, 6) is 0.804. The summed E-state index contributed by atoms with van der Waals surface area (Å²) in [6.07, 6.45) is 2.00. The van der Waals surface area contributed by atoms with E-state index < -0.39 is 17.7 Å². The van der Waals surface area contributed by atoms with Gasteiger partial charge in [-0.1, -0.05) is 12.1 Å². The van der Waals surface area contributed by atoms with Gasteiger partial charge in [0, 0.05) is 53.8 Å². The molecule has 1 aromatic carbocycles. The normalized spacial score (nSPS) is 18.2. The number of hydrogen-bond acceptors (Lipinski definition) is 7. The average Bonchev–Trinajstić information content (AvgIpc) is 3.40. The van der Waals surface area contributed by atoms with Crippen molar-refractivity contribution < 1.29 is 23.1 Å². The number of likely N-dealkylation sites (tertiary alicyclic amines) is 1. The van der Waals surface area contributed by atoms with Crippen LogP contribution in [0.4, 0.5) is 20.4 Å². The van der Waals surface area contributed by atoms with Crippen molar-refractivity contribution in [1.82, 2.24) is 24.3 Å². The molecule has 3 aromatic heterocycles. The number of nitrogen functional groups attached to an aromatic ring is 1. The molecule has 6 rings (SSSR count). The molecule has 4 aromatic rings. The van der Waals surface area contributed by atoms with E-state index in [1.807, 2.05) is 23.1 Å². The van der Waals surface area contributed by atoms with Crippen molar-refractivity contribution in [2.75, 3.05) is 37.4 Å². The molecule has 2 fully saturated rings. The van der Waals surface area contributed by atoms with Crippen molar-refractivity contribution in [1.29, 1.82) is 0 Å². The monoisotopic (exact) mass is 575 g/mol. The number of rotatable bonds is 6. The molecular formula is C30H31F2N7O3. The summed E-state index contributed by atoms with van der Waals surface area (Å²) in [4.78, 5) is 41.4. The summed E-state index contributed by atoms with van der Waals surface area (Å²) in [5.41, 5.74) is 8.90. The van der Waals surface area contributed by atoms with E-state index in [1.54, 1.807) is 30.5 Å². The van der Waals surface area contributed by atoms with Crippen molar-refractivity contribution in [3.05, 3.63) is 71.4 Å². The number of anilines is 2. The lowest BCUT2D eigenvalue weighted by molar-refractivity contribution is -0.169. The molecular weight excluding hydrogens is 544 g/mol. The number of nitrogens with two attached hydrogens (primary N) is 1. The second-order valence-electron chi connectivity index (χ2n) is 11.2. The minimum atomic E-state index is -2.67. The van der Waals surface area contributed by atoms with Crippen LogP contribution in [0.15, 0.2) is 48.8 Å². The number of carbonyl (C=O) groups is 2. The second kappa shape index (κ2) is 10.8. The van der Waals surface area contributed by atoms with Gasteiger partial charge in [0.25, 0.3) is 12.3 Å². The molecule has 0 radical (unpaired) electrons. The third kappa shape index (κ3) is 4.95. The Hall–Kier alpha value is -4.45. The van der Waals surface area contributed by atoms with E-state index >= 15 is 0 Å². The Balaban J connectivity index is 1.29. The maximum absolute atomic E-state index is 13.3. The van der Waals surface area contributed by atoms with Gasteiger partial charge in [-0.2, -0.15) is 0 Å². The van der Waals surface area contributed by atoms with Gasteiger partial charge in [-0.25, -0.2) is 23.7 Å². The zero-order valence-corrected chi connectivity index (χ0v) is 23.3. The van der Waals surface area contributed by atoms with Gasteiger partial charge >= 0.3 is 0 Å². The van der Waals surface area contributed by atoms with Crippen LogP contribution in [0.5, 0.6) is 0 Å². The molecule has 0 aliphatic carbocycles. The Kier molecular flexibility index (Phi) is 7.09. The SMILES string of the molecule is Cc1cnc(N)c2c(-c3ccc(C(=O)Nc4cc(C(F)F)ccn4)cc3)nc([C@@H]3CCCN(C(=O)C4(C)COC4)C3)n12. The number of nitrogens with zero attached hydrogens (tertiary/aromatic N) is 5. The first-order valence-electron chi connectivity index (χ1n) is 13.8. The maximum Gasteiger partial charge on any atom is 0.264 e. The Morgan fingerprint density at radius 1 is 1.17 bits per heavy atom. The van der Waals surface area contributed by atoms with Gasteiger partial charge in [0.05, 0.1) is 18.6 Å². The zero-order valence-electron chi connectivity index (χ0n) is 23.3. The van der Waals surface area contributed by atoms with E-state index in [9.17, 15) is 18.4 Å². The fraction of sp³-hybridized carbons (Fsp3) is 0.367. The molecule has 2 aliphatic rings. The maximum atomic E-state index is 13.3. The van der Waals surface area contributed by atoms with Gasteiger partial charge in [0.15, 0.2) is 0 Å². The number of carbonyl (C=O) groups excluding carboxylic acids is 2. The molecule has 2 saturated heterocycles. The van der Waals surface area contributed by atoms with Gasteiger partial charge in [-0.15, -0.1) is 0 Å². The number of aromatic nitrogens is 4. The number of nitrogens with one attached hydrogen (secondary N) is 1. The zero-order chi connectivity index (χ0) is 29.6. The number of piperidine rings is 1. The number of hydrogen-bond donors (Lipinski definition) is 2. The molecule has 10 nitrogen and oxygen atoms in total. The summed E-state index contributed by atoms with van der Waals surface area (Å²) in [6.45, 7) is 6.03. The molecule has 218 valence electrons. The molecule has 12 heteroatoms. The number of ether oxygens (including phenoxy) is 1. The molecule has 1 atom stereocenters. The highest BCUT2D eigenvalue weighted by Gasteiger charge is 2.45. The quantitative estimate of drug-likeness (QED) is 0.344. The number of amides is 2. The first-order chi connectivity index (χ1) is 20.1. The predicted molar refractivity (Wildman–Crippen MR) is 152 cm³/mol. The minimum Gasteiger partial charge on any atom is -0.382 e. The second-order valence-corrected chi connectivity index (χ2v) is 11.2. The van der Waals surface area contributed by atoms with Crippen LogP contribution in [0.1, 0.15) is 59.5 Å². The highest BCUT2D eigenvalue weighted by Crippen LogP contribution is 2.37. The van der Waals surface area contributed by atoms with Gasteiger partial charge < -0.3 is 20.7 Å². The lowest BCUT2D eigenvalue weighted by atomic mass is 9.85. The average molecular weight is 576 g/mol. The van der Waals surface area contributed by atoms with Gasteiger partial charge in [0.2, 0.25) is 5.91 Å². The van der Waals surface area contributed by atoms with Crippen LogP contribution in [-0.4, -0.2) is 62.4 Å². The van der Waals surface area contributed by atoms with Crippen LogP contribution in [0, 0.1) is 12.3 Å². The molecule has 0 bridgehead atoms. The Morgan fingerprint density at radius 3 is 2.62 bits per heavy atom. The first kappa shape index (κ1) is 27.7. The van der Waals surface area contributed by atoms with Crippen molar-refractivity contribution in [2.24, 2.45) is 5.41 Å². The number of aryl methyl sites for hydroxylation is 1. The molecule has 2 amide bonds. The number of halogens is 2. The lowest BCUT2D eigenvalue weighted by Gasteiger charge is -2.42. The molecule has 0 spiro atoms. The summed E-state index contributed by atoms with van der Waals surface area (Å²) < 4.78 is 33.4. The lowest BCUT2D eigenvalue weighted by Crippen LogP contribution is -2.55. The van der Waals surface area contributed by atoms with Gasteiger partial charge in [0.1, 0.15) is 28.7 Å². The Labute approximate surface area is 240 Å². The molecule has 0 unspecified atom stereocenters. The fourth-order valence-corrected chi connectivity index (χ4v) is 5.69. The molecule has 3 N–H and O–H groups in total. The van der Waals surface area contributed by atoms with Crippen LogP contribution < -0.4 is 11.1 Å². The molecule has 2 aliphatic heterocycles. The molecule has 5 heterocycles. The van der Waals surface area contributed by atoms with Crippen LogP contribution in [0.3, 0.4) is 0 Å². The van der Waals surface area contributed by atoms with E-state index in [1.165, 1.54) is 12.3 Å². The number of imidazole rings is 1. The molecule has 0 saturated carbocycles. The van der Waals surface area contributed by atoms with Crippen molar-refractivity contribution in [3.63, 3.8) is 0 Å².